The van der Waals surface area contributed by atoms with Crippen molar-refractivity contribution in [3.63, 3.8) is 0 Å². The number of nitriles is 1. The number of fused-ring (bicyclic) bond motifs is 1. The van der Waals surface area contributed by atoms with Crippen LogP contribution in [0.15, 0.2) is 29.2 Å². The number of nitrogens with one attached hydrogen (secondary N) is 1. The van der Waals surface area contributed by atoms with Crippen molar-refractivity contribution in [3.8, 4) is 6.07 Å². The van der Waals surface area contributed by atoms with Gasteiger partial charge in [-0.3, -0.25) is 9.59 Å². The monoisotopic (exact) mass is 389 g/mol. The van der Waals surface area contributed by atoms with E-state index in [-0.39, 0.29) is 28.7 Å². The van der Waals surface area contributed by atoms with Gasteiger partial charge in [0.15, 0.2) is 9.84 Å². The van der Waals surface area contributed by atoms with Crippen molar-refractivity contribution >= 4 is 21.7 Å². The normalized spacial score (nSPS) is 25.3. The number of hydrogen-bond acceptors (Lipinski definition) is 5. The highest BCUT2D eigenvalue weighted by atomic mass is 32.2. The summed E-state index contributed by atoms with van der Waals surface area (Å²) < 4.78 is 23.0. The smallest absolute Gasteiger partial charge is 0.237 e. The molecule has 2 saturated heterocycles. The molecule has 3 unspecified atom stereocenters. The molecular formula is C19H23N3O4S. The predicted octanol–water partition coefficient (Wildman–Crippen LogP) is 0.899. The van der Waals surface area contributed by atoms with Crippen molar-refractivity contribution in [2.24, 2.45) is 11.8 Å². The number of carbonyl (C=O) groups excluding carboxylic acids is 2. The number of hydrogen-bond donors (Lipinski definition) is 1. The lowest BCUT2D eigenvalue weighted by atomic mass is 9.80. The molecule has 8 heteroatoms. The standard InChI is InChI=1S/C19H23N3O4S/c1-27(25,26)16-5-2-13(3-6-16)4-7-18(23)22-9-8-17-15(12-22)10-14(11-20)19(24)21-17/h2-3,5-6,14-15,17H,4,7-10,12H2,1H3,(H,21,24). The molecule has 2 heterocycles. The minimum atomic E-state index is -3.22. The van der Waals surface area contributed by atoms with Crippen LogP contribution in [-0.4, -0.2) is 50.5 Å². The van der Waals surface area contributed by atoms with E-state index in [0.29, 0.717) is 38.8 Å². The van der Waals surface area contributed by atoms with Gasteiger partial charge in [-0.2, -0.15) is 5.26 Å². The SMILES string of the molecule is CS(=O)(=O)c1ccc(CCC(=O)N2CCC3NC(=O)C(C#N)CC3C2)cc1. The van der Waals surface area contributed by atoms with Crippen LogP contribution in [0.3, 0.4) is 0 Å². The average molecular weight is 389 g/mol. The summed E-state index contributed by atoms with van der Waals surface area (Å²) in [5.74, 6) is -0.657. The molecule has 1 aromatic rings. The largest absolute Gasteiger partial charge is 0.352 e. The number of benzene rings is 1. The lowest BCUT2D eigenvalue weighted by Gasteiger charge is -2.42. The zero-order valence-corrected chi connectivity index (χ0v) is 16.0. The third-order valence-corrected chi connectivity index (χ3v) is 6.53. The Morgan fingerprint density at radius 1 is 1.33 bits per heavy atom. The Balaban J connectivity index is 1.55. The van der Waals surface area contributed by atoms with E-state index in [4.69, 9.17) is 5.26 Å². The summed E-state index contributed by atoms with van der Waals surface area (Å²) in [6.45, 7) is 1.17. The Labute approximate surface area is 159 Å². The minimum absolute atomic E-state index is 0.0473. The van der Waals surface area contributed by atoms with Gasteiger partial charge in [0.05, 0.1) is 11.0 Å². The molecule has 0 saturated carbocycles. The van der Waals surface area contributed by atoms with E-state index < -0.39 is 15.8 Å². The fourth-order valence-corrected chi connectivity index (χ4v) is 4.44. The number of amides is 2. The van der Waals surface area contributed by atoms with Crippen molar-refractivity contribution in [1.82, 2.24) is 10.2 Å². The molecule has 2 amide bonds. The van der Waals surface area contributed by atoms with Crippen molar-refractivity contribution in [2.45, 2.75) is 36.6 Å². The van der Waals surface area contributed by atoms with Gasteiger partial charge in [0, 0.05) is 31.8 Å². The van der Waals surface area contributed by atoms with Crippen molar-refractivity contribution in [1.29, 1.82) is 5.26 Å². The molecule has 7 nitrogen and oxygen atoms in total. The van der Waals surface area contributed by atoms with Gasteiger partial charge in [0.2, 0.25) is 11.8 Å². The first kappa shape index (κ1) is 19.4. The lowest BCUT2D eigenvalue weighted by Crippen LogP contribution is -2.57. The molecule has 1 aromatic carbocycles. The third-order valence-electron chi connectivity index (χ3n) is 5.40. The zero-order valence-electron chi connectivity index (χ0n) is 15.2. The summed E-state index contributed by atoms with van der Waals surface area (Å²) in [5.41, 5.74) is 0.917. The van der Waals surface area contributed by atoms with E-state index in [1.807, 2.05) is 11.0 Å². The molecule has 3 rings (SSSR count). The molecule has 0 aliphatic carbocycles. The summed E-state index contributed by atoms with van der Waals surface area (Å²) >= 11 is 0. The molecule has 27 heavy (non-hydrogen) atoms. The molecule has 144 valence electrons. The zero-order chi connectivity index (χ0) is 19.6. The van der Waals surface area contributed by atoms with Gasteiger partial charge in [-0.25, -0.2) is 8.42 Å². The molecule has 0 bridgehead atoms. The number of aryl methyl sites for hydroxylation is 1. The highest BCUT2D eigenvalue weighted by molar-refractivity contribution is 7.90. The number of carbonyl (C=O) groups is 2. The first-order valence-corrected chi connectivity index (χ1v) is 10.9. The topological polar surface area (TPSA) is 107 Å². The first-order chi connectivity index (χ1) is 12.8. The van der Waals surface area contributed by atoms with Crippen molar-refractivity contribution < 1.29 is 18.0 Å². The Morgan fingerprint density at radius 2 is 2.04 bits per heavy atom. The second-order valence-electron chi connectivity index (χ2n) is 7.34. The molecule has 0 radical (unpaired) electrons. The molecule has 1 N–H and O–H groups in total. The molecule has 3 atom stereocenters. The number of nitrogens with zero attached hydrogens (tertiary/aromatic N) is 2. The summed E-state index contributed by atoms with van der Waals surface area (Å²) in [6, 6.07) is 8.69. The number of piperidine rings is 2. The summed E-state index contributed by atoms with van der Waals surface area (Å²) in [4.78, 5) is 26.4. The number of rotatable bonds is 4. The Hall–Kier alpha value is -2.40. The first-order valence-electron chi connectivity index (χ1n) is 9.04. The maximum Gasteiger partial charge on any atom is 0.237 e. The van der Waals surface area contributed by atoms with Gasteiger partial charge >= 0.3 is 0 Å². The Bertz CT molecular complexity index is 873. The fourth-order valence-electron chi connectivity index (χ4n) is 3.80. The van der Waals surface area contributed by atoms with Crippen LogP contribution in [-0.2, 0) is 25.8 Å². The lowest BCUT2D eigenvalue weighted by molar-refractivity contribution is -0.135. The van der Waals surface area contributed by atoms with Crippen LogP contribution in [0.5, 0.6) is 0 Å². The fraction of sp³-hybridized carbons (Fsp3) is 0.526. The highest BCUT2D eigenvalue weighted by Crippen LogP contribution is 2.28. The van der Waals surface area contributed by atoms with Crippen LogP contribution in [0, 0.1) is 23.2 Å². The van der Waals surface area contributed by atoms with E-state index in [2.05, 4.69) is 5.32 Å². The summed E-state index contributed by atoms with van der Waals surface area (Å²) in [7, 11) is -3.22. The average Bonchev–Trinajstić information content (AvgIpc) is 2.64. The van der Waals surface area contributed by atoms with E-state index in [9.17, 15) is 18.0 Å². The maximum absolute atomic E-state index is 12.6. The molecule has 2 fully saturated rings. The Kier molecular flexibility index (Phi) is 5.51. The van der Waals surface area contributed by atoms with Crippen LogP contribution < -0.4 is 5.32 Å². The van der Waals surface area contributed by atoms with Crippen LogP contribution >= 0.6 is 0 Å². The quantitative estimate of drug-likeness (QED) is 0.823. The van der Waals surface area contributed by atoms with E-state index in [1.165, 1.54) is 6.26 Å². The predicted molar refractivity (Wildman–Crippen MR) is 98.2 cm³/mol. The number of likely N-dealkylation sites (tertiary alicyclic amines) is 1. The van der Waals surface area contributed by atoms with E-state index in [1.54, 1.807) is 24.3 Å². The van der Waals surface area contributed by atoms with Crippen LogP contribution in [0.1, 0.15) is 24.8 Å². The van der Waals surface area contributed by atoms with Gasteiger partial charge in [-0.05, 0) is 42.9 Å². The second kappa shape index (κ2) is 7.69. The third kappa shape index (κ3) is 4.48. The maximum atomic E-state index is 12.6. The second-order valence-corrected chi connectivity index (χ2v) is 9.35. The molecular weight excluding hydrogens is 366 g/mol. The van der Waals surface area contributed by atoms with E-state index in [0.717, 1.165) is 5.56 Å². The van der Waals surface area contributed by atoms with Crippen LogP contribution in [0.25, 0.3) is 0 Å². The molecule has 2 aliphatic rings. The molecule has 0 aromatic heterocycles. The van der Waals surface area contributed by atoms with Crippen LogP contribution in [0.4, 0.5) is 0 Å². The van der Waals surface area contributed by atoms with Crippen LogP contribution in [0.2, 0.25) is 0 Å². The van der Waals surface area contributed by atoms with E-state index >= 15 is 0 Å². The van der Waals surface area contributed by atoms with Gasteiger partial charge in [0.1, 0.15) is 5.92 Å². The van der Waals surface area contributed by atoms with Gasteiger partial charge in [0.25, 0.3) is 0 Å². The van der Waals surface area contributed by atoms with Gasteiger partial charge < -0.3 is 10.2 Å². The van der Waals surface area contributed by atoms with Gasteiger partial charge in [-0.15, -0.1) is 0 Å². The minimum Gasteiger partial charge on any atom is -0.352 e. The molecule has 0 spiro atoms. The highest BCUT2D eigenvalue weighted by Gasteiger charge is 2.39. The summed E-state index contributed by atoms with van der Waals surface area (Å²) in [5, 5.41) is 12.0. The number of sulfone groups is 1. The van der Waals surface area contributed by atoms with Crippen molar-refractivity contribution in [2.75, 3.05) is 19.3 Å². The van der Waals surface area contributed by atoms with Crippen molar-refractivity contribution in [3.05, 3.63) is 29.8 Å². The summed E-state index contributed by atoms with van der Waals surface area (Å²) in [6.07, 6.45) is 3.28. The Morgan fingerprint density at radius 3 is 2.67 bits per heavy atom. The van der Waals surface area contributed by atoms with Gasteiger partial charge in [-0.1, -0.05) is 12.1 Å². The molecule has 2 aliphatic heterocycles.